The van der Waals surface area contributed by atoms with Crippen LogP contribution in [0.5, 0.6) is 0 Å². The zero-order valence-corrected chi connectivity index (χ0v) is 11.8. The molecule has 0 aromatic heterocycles. The van der Waals surface area contributed by atoms with Gasteiger partial charge in [0.1, 0.15) is 0 Å². The Kier molecular flexibility index (Phi) is 3.56. The fourth-order valence-electron chi connectivity index (χ4n) is 2.25. The molecule has 0 radical (unpaired) electrons. The average Bonchev–Trinajstić information content (AvgIpc) is 2.71. The van der Waals surface area contributed by atoms with Crippen molar-refractivity contribution in [2.75, 3.05) is 0 Å². The SMILES string of the molecule is C/C=C\C=C/C1=CCc2ccc(C(C)(C)C)cc21. The van der Waals surface area contributed by atoms with Gasteiger partial charge in [-0.25, -0.2) is 0 Å². The number of hydrogen-bond donors (Lipinski definition) is 0. The predicted molar refractivity (Wildman–Crippen MR) is 80.8 cm³/mol. The molecule has 0 saturated carbocycles. The molecule has 0 atom stereocenters. The smallest absolute Gasteiger partial charge is 0.00821 e. The van der Waals surface area contributed by atoms with Crippen LogP contribution in [0.1, 0.15) is 44.4 Å². The first-order chi connectivity index (χ1) is 8.52. The largest absolute Gasteiger partial charge is 0.0877 e. The molecule has 2 rings (SSSR count). The molecule has 0 amide bonds. The maximum absolute atomic E-state index is 2.36. The summed E-state index contributed by atoms with van der Waals surface area (Å²) in [5.74, 6) is 0. The molecule has 0 bridgehead atoms. The van der Waals surface area contributed by atoms with E-state index in [4.69, 9.17) is 0 Å². The molecule has 0 spiro atoms. The number of fused-ring (bicyclic) bond motifs is 1. The molecule has 0 fully saturated rings. The van der Waals surface area contributed by atoms with Gasteiger partial charge in [-0.05, 0) is 41.0 Å². The van der Waals surface area contributed by atoms with Crippen LogP contribution >= 0.6 is 0 Å². The van der Waals surface area contributed by atoms with Gasteiger partial charge in [-0.3, -0.25) is 0 Å². The Morgan fingerprint density at radius 1 is 1.11 bits per heavy atom. The number of rotatable bonds is 2. The first-order valence-electron chi connectivity index (χ1n) is 6.65. The van der Waals surface area contributed by atoms with Crippen LogP contribution in [0.4, 0.5) is 0 Å². The molecule has 0 saturated heterocycles. The highest BCUT2D eigenvalue weighted by atomic mass is 14.2. The van der Waals surface area contributed by atoms with Gasteiger partial charge in [0, 0.05) is 0 Å². The van der Waals surface area contributed by atoms with Crippen LogP contribution in [0.2, 0.25) is 0 Å². The maximum atomic E-state index is 2.36. The van der Waals surface area contributed by atoms with Gasteiger partial charge < -0.3 is 0 Å². The van der Waals surface area contributed by atoms with Crippen molar-refractivity contribution in [2.45, 2.75) is 39.5 Å². The zero-order valence-electron chi connectivity index (χ0n) is 11.8. The van der Waals surface area contributed by atoms with E-state index in [0.717, 1.165) is 6.42 Å². The van der Waals surface area contributed by atoms with Gasteiger partial charge in [0.05, 0.1) is 0 Å². The van der Waals surface area contributed by atoms with Crippen LogP contribution in [-0.2, 0) is 11.8 Å². The Balaban J connectivity index is 2.35. The fraction of sp³-hybridized carbons (Fsp3) is 0.333. The molecular formula is C18H22. The Morgan fingerprint density at radius 3 is 2.56 bits per heavy atom. The molecule has 0 N–H and O–H groups in total. The van der Waals surface area contributed by atoms with E-state index in [1.165, 1.54) is 22.3 Å². The molecule has 1 aliphatic carbocycles. The van der Waals surface area contributed by atoms with Crippen molar-refractivity contribution in [1.29, 1.82) is 0 Å². The minimum Gasteiger partial charge on any atom is -0.0877 e. The summed E-state index contributed by atoms with van der Waals surface area (Å²) < 4.78 is 0. The van der Waals surface area contributed by atoms with Crippen LogP contribution in [0, 0.1) is 0 Å². The number of benzene rings is 1. The minimum atomic E-state index is 0.218. The van der Waals surface area contributed by atoms with E-state index in [9.17, 15) is 0 Å². The molecule has 1 aliphatic rings. The lowest BCUT2D eigenvalue weighted by molar-refractivity contribution is 0.590. The van der Waals surface area contributed by atoms with Crippen LogP contribution in [0.3, 0.4) is 0 Å². The summed E-state index contributed by atoms with van der Waals surface area (Å²) in [7, 11) is 0. The van der Waals surface area contributed by atoms with Crippen LogP contribution in [0.25, 0.3) is 5.57 Å². The normalized spacial score (nSPS) is 15.4. The third-order valence-corrected chi connectivity index (χ3v) is 3.41. The molecular weight excluding hydrogens is 216 g/mol. The molecule has 0 heteroatoms. The Labute approximate surface area is 111 Å². The van der Waals surface area contributed by atoms with Gasteiger partial charge in [0.2, 0.25) is 0 Å². The topological polar surface area (TPSA) is 0 Å². The molecule has 0 aliphatic heterocycles. The second kappa shape index (κ2) is 4.97. The summed E-state index contributed by atoms with van der Waals surface area (Å²) in [6.45, 7) is 8.84. The molecule has 94 valence electrons. The number of allylic oxidation sites excluding steroid dienone is 6. The lowest BCUT2D eigenvalue weighted by Gasteiger charge is -2.20. The zero-order chi connectivity index (χ0) is 13.2. The van der Waals surface area contributed by atoms with Gasteiger partial charge >= 0.3 is 0 Å². The van der Waals surface area contributed by atoms with Gasteiger partial charge in [-0.2, -0.15) is 0 Å². The van der Waals surface area contributed by atoms with Gasteiger partial charge in [0.15, 0.2) is 0 Å². The predicted octanol–water partition coefficient (Wildman–Crippen LogP) is 5.06. The van der Waals surface area contributed by atoms with E-state index in [1.807, 2.05) is 6.92 Å². The molecule has 1 aromatic rings. The van der Waals surface area contributed by atoms with Gasteiger partial charge in [-0.15, -0.1) is 0 Å². The summed E-state index contributed by atoms with van der Waals surface area (Å²) >= 11 is 0. The Hall–Kier alpha value is -1.56. The second-order valence-corrected chi connectivity index (χ2v) is 5.87. The third-order valence-electron chi connectivity index (χ3n) is 3.41. The first kappa shape index (κ1) is 12.9. The van der Waals surface area contributed by atoms with E-state index < -0.39 is 0 Å². The lowest BCUT2D eigenvalue weighted by Crippen LogP contribution is -2.11. The van der Waals surface area contributed by atoms with E-state index in [1.54, 1.807) is 0 Å². The van der Waals surface area contributed by atoms with E-state index >= 15 is 0 Å². The van der Waals surface area contributed by atoms with Gasteiger partial charge in [0.25, 0.3) is 0 Å². The van der Waals surface area contributed by atoms with Crippen LogP contribution in [0.15, 0.2) is 48.6 Å². The van der Waals surface area contributed by atoms with Crippen molar-refractivity contribution >= 4 is 5.57 Å². The van der Waals surface area contributed by atoms with Gasteiger partial charge in [-0.1, -0.05) is 69.4 Å². The van der Waals surface area contributed by atoms with Crippen molar-refractivity contribution in [3.8, 4) is 0 Å². The average molecular weight is 238 g/mol. The van der Waals surface area contributed by atoms with E-state index in [-0.39, 0.29) is 5.41 Å². The summed E-state index contributed by atoms with van der Waals surface area (Å²) in [6, 6.07) is 6.91. The molecule has 0 nitrogen and oxygen atoms in total. The highest BCUT2D eigenvalue weighted by Gasteiger charge is 2.18. The molecule has 18 heavy (non-hydrogen) atoms. The van der Waals surface area contributed by atoms with Crippen molar-refractivity contribution < 1.29 is 0 Å². The first-order valence-corrected chi connectivity index (χ1v) is 6.65. The van der Waals surface area contributed by atoms with Crippen molar-refractivity contribution in [2.24, 2.45) is 0 Å². The highest BCUT2D eigenvalue weighted by molar-refractivity contribution is 5.80. The maximum Gasteiger partial charge on any atom is -0.00821 e. The molecule has 0 heterocycles. The quantitative estimate of drug-likeness (QED) is 0.632. The summed E-state index contributed by atoms with van der Waals surface area (Å²) in [5.41, 5.74) is 5.84. The van der Waals surface area contributed by atoms with Crippen LogP contribution < -0.4 is 0 Å². The summed E-state index contributed by atoms with van der Waals surface area (Å²) in [5, 5.41) is 0. The second-order valence-electron chi connectivity index (χ2n) is 5.87. The minimum absolute atomic E-state index is 0.218. The van der Waals surface area contributed by atoms with Crippen LogP contribution in [-0.4, -0.2) is 0 Å². The van der Waals surface area contributed by atoms with Crippen molar-refractivity contribution in [1.82, 2.24) is 0 Å². The monoisotopic (exact) mass is 238 g/mol. The highest BCUT2D eigenvalue weighted by Crippen LogP contribution is 2.32. The standard InChI is InChI=1S/C18H22/c1-5-6-7-8-14-9-10-15-11-12-16(13-17(14)15)18(2,3)4/h5-9,11-13H,10H2,1-4H3/b6-5-,8-7-. The van der Waals surface area contributed by atoms with E-state index in [0.29, 0.717) is 0 Å². The molecule has 0 unspecified atom stereocenters. The van der Waals surface area contributed by atoms with Crippen molar-refractivity contribution in [3.05, 3.63) is 65.3 Å². The molecule has 1 aromatic carbocycles. The Morgan fingerprint density at radius 2 is 1.89 bits per heavy atom. The third kappa shape index (κ3) is 2.64. The van der Waals surface area contributed by atoms with E-state index in [2.05, 4.69) is 69.4 Å². The summed E-state index contributed by atoms with van der Waals surface area (Å²) in [6.07, 6.45) is 11.8. The summed E-state index contributed by atoms with van der Waals surface area (Å²) in [4.78, 5) is 0. The number of hydrogen-bond acceptors (Lipinski definition) is 0. The Bertz CT molecular complexity index is 519. The van der Waals surface area contributed by atoms with Crippen molar-refractivity contribution in [3.63, 3.8) is 0 Å². The lowest BCUT2D eigenvalue weighted by atomic mass is 9.85. The fourth-order valence-corrected chi connectivity index (χ4v) is 2.25.